The number of nitrogen functional groups attached to an aromatic ring is 1. The summed E-state index contributed by atoms with van der Waals surface area (Å²) in [5.74, 6) is 1.68. The lowest BCUT2D eigenvalue weighted by molar-refractivity contribution is -0.115. The number of nitrogens with one attached hydrogen (secondary N) is 1. The van der Waals surface area contributed by atoms with E-state index in [0.717, 1.165) is 25.0 Å². The fourth-order valence-electron chi connectivity index (χ4n) is 4.30. The number of imidazole rings is 1. The van der Waals surface area contributed by atoms with Gasteiger partial charge in [0.1, 0.15) is 22.8 Å². The van der Waals surface area contributed by atoms with Gasteiger partial charge in [0.2, 0.25) is 0 Å². The number of amides is 1. The normalized spacial score (nSPS) is 11.9. The number of hydrogen-bond acceptors (Lipinski definition) is 8. The summed E-state index contributed by atoms with van der Waals surface area (Å²) in [6.07, 6.45) is 7.25. The van der Waals surface area contributed by atoms with Crippen molar-refractivity contribution in [2.75, 3.05) is 5.73 Å². The van der Waals surface area contributed by atoms with Crippen molar-refractivity contribution >= 4 is 49.3 Å². The van der Waals surface area contributed by atoms with E-state index in [4.69, 9.17) is 26.2 Å². The highest BCUT2D eigenvalue weighted by molar-refractivity contribution is 7.47. The fraction of sp³-hybridized carbons (Fsp3) is 0.240. The number of fused-ring (bicyclic) bond motifs is 3. The van der Waals surface area contributed by atoms with E-state index in [1.807, 2.05) is 12.8 Å². The summed E-state index contributed by atoms with van der Waals surface area (Å²) in [7, 11) is -9.93. The number of aryl methyl sites for hydroxylation is 1. The van der Waals surface area contributed by atoms with Gasteiger partial charge in [-0.25, -0.2) is 19.1 Å². The van der Waals surface area contributed by atoms with Gasteiger partial charge in [-0.15, -0.1) is 6.42 Å². The Balaban J connectivity index is 1.90. The van der Waals surface area contributed by atoms with Crippen LogP contribution < -0.4 is 20.1 Å². The number of terminal acetylenes is 1. The second-order valence-corrected chi connectivity index (χ2v) is 11.4. The third kappa shape index (κ3) is 7.42. The van der Waals surface area contributed by atoms with Gasteiger partial charge in [-0.2, -0.15) is 0 Å². The number of hydrogen-bond donors (Lipinski definition) is 6. The van der Waals surface area contributed by atoms with Crippen LogP contribution in [0.25, 0.3) is 21.9 Å². The van der Waals surface area contributed by atoms with Gasteiger partial charge in [-0.1, -0.05) is 25.5 Å². The van der Waals surface area contributed by atoms with Crippen molar-refractivity contribution in [2.24, 2.45) is 0 Å². The molecular weight excluding hydrogens is 576 g/mol. The summed E-state index contributed by atoms with van der Waals surface area (Å²) in [6, 6.07) is 8.78. The average molecular weight is 603 g/mol. The summed E-state index contributed by atoms with van der Waals surface area (Å²) < 4.78 is 34.5. The molecule has 1 amide bonds. The molecule has 16 heteroatoms. The highest BCUT2D eigenvalue weighted by Crippen LogP contribution is 2.43. The van der Waals surface area contributed by atoms with Crippen molar-refractivity contribution in [3.63, 3.8) is 0 Å². The van der Waals surface area contributed by atoms with Gasteiger partial charge in [-0.3, -0.25) is 24.4 Å². The molecule has 2 aromatic carbocycles. The average Bonchev–Trinajstić information content (AvgIpc) is 3.24. The van der Waals surface area contributed by atoms with Crippen LogP contribution in [0.3, 0.4) is 0 Å². The van der Waals surface area contributed by atoms with Crippen molar-refractivity contribution in [2.45, 2.75) is 39.3 Å². The van der Waals surface area contributed by atoms with Crippen LogP contribution in [-0.2, 0) is 33.4 Å². The number of anilines is 1. The molecule has 0 spiro atoms. The fourth-order valence-corrected chi connectivity index (χ4v) is 5.13. The van der Waals surface area contributed by atoms with Gasteiger partial charge in [0.25, 0.3) is 5.91 Å². The molecule has 7 N–H and O–H groups in total. The van der Waals surface area contributed by atoms with Crippen molar-refractivity contribution < 1.29 is 42.5 Å². The van der Waals surface area contributed by atoms with E-state index in [-0.39, 0.29) is 36.0 Å². The number of nitrogens with zero attached hydrogens (tertiary/aromatic N) is 3. The molecule has 0 fully saturated rings. The quantitative estimate of drug-likeness (QED) is 0.108. The Morgan fingerprint density at radius 2 is 1.83 bits per heavy atom. The molecule has 0 atom stereocenters. The highest BCUT2D eigenvalue weighted by Gasteiger charge is 2.24. The van der Waals surface area contributed by atoms with Crippen molar-refractivity contribution in [3.05, 3.63) is 53.3 Å². The molecule has 4 aromatic rings. The first-order valence-corrected chi connectivity index (χ1v) is 15.3. The molecule has 2 aromatic heterocycles. The number of rotatable bonds is 11. The first-order chi connectivity index (χ1) is 19.3. The van der Waals surface area contributed by atoms with Crippen molar-refractivity contribution in [1.82, 2.24) is 19.9 Å². The zero-order valence-electron chi connectivity index (χ0n) is 21.7. The molecule has 14 nitrogen and oxygen atoms in total. The number of phosphoric ester groups is 2. The number of aromatic nitrogens is 3. The maximum absolute atomic E-state index is 11.7. The lowest BCUT2D eigenvalue weighted by atomic mass is 10.1. The van der Waals surface area contributed by atoms with E-state index < -0.39 is 21.6 Å². The minimum absolute atomic E-state index is 0.0816. The first-order valence-electron chi connectivity index (χ1n) is 12.2. The molecular formula is C25H27N5O9P2. The van der Waals surface area contributed by atoms with Crippen LogP contribution in [0.2, 0.25) is 0 Å². The van der Waals surface area contributed by atoms with E-state index in [0.29, 0.717) is 39.7 Å². The third-order valence-electron chi connectivity index (χ3n) is 5.99. The van der Waals surface area contributed by atoms with Gasteiger partial charge < -0.3 is 24.7 Å². The Kier molecular flexibility index (Phi) is 8.70. The zero-order chi connectivity index (χ0) is 29.9. The topological polar surface area (TPSA) is 219 Å². The van der Waals surface area contributed by atoms with Crippen LogP contribution >= 0.6 is 15.6 Å². The number of carbonyl (C=O) groups excluding carboxylic acids is 1. The molecule has 0 aliphatic heterocycles. The van der Waals surface area contributed by atoms with Crippen molar-refractivity contribution in [3.8, 4) is 23.8 Å². The lowest BCUT2D eigenvalue weighted by Gasteiger charge is -2.17. The molecule has 0 aliphatic rings. The Hall–Kier alpha value is -3.95. The summed E-state index contributed by atoms with van der Waals surface area (Å²) in [5, 5.41) is 3.24. The molecule has 2 heterocycles. The predicted octanol–water partition coefficient (Wildman–Crippen LogP) is 2.75. The van der Waals surface area contributed by atoms with E-state index in [2.05, 4.69) is 10.3 Å². The van der Waals surface area contributed by atoms with E-state index in [1.54, 1.807) is 22.8 Å². The lowest BCUT2D eigenvalue weighted by Crippen LogP contribution is -2.20. The number of phosphoric acid groups is 2. The number of pyridine rings is 1. The Bertz CT molecular complexity index is 1770. The molecule has 0 unspecified atom stereocenters. The molecule has 216 valence electrons. The van der Waals surface area contributed by atoms with Crippen LogP contribution in [0.1, 0.15) is 36.7 Å². The van der Waals surface area contributed by atoms with E-state index >= 15 is 0 Å². The van der Waals surface area contributed by atoms with Gasteiger partial charge in [0.05, 0.1) is 17.6 Å². The van der Waals surface area contributed by atoms with Crippen LogP contribution in [0, 0.1) is 12.3 Å². The second-order valence-electron chi connectivity index (χ2n) is 9.02. The highest BCUT2D eigenvalue weighted by atomic mass is 31.2. The van der Waals surface area contributed by atoms with Crippen LogP contribution in [-0.4, -0.2) is 40.0 Å². The van der Waals surface area contributed by atoms with E-state index in [9.17, 15) is 33.5 Å². The number of benzene rings is 2. The Labute approximate surface area is 234 Å². The monoisotopic (exact) mass is 603 g/mol. The third-order valence-corrected chi connectivity index (χ3v) is 6.87. The van der Waals surface area contributed by atoms with Crippen LogP contribution in [0.15, 0.2) is 36.4 Å². The zero-order valence-corrected chi connectivity index (χ0v) is 23.5. The Morgan fingerprint density at radius 1 is 1.10 bits per heavy atom. The smallest absolute Gasteiger partial charge is 0.404 e. The summed E-state index contributed by atoms with van der Waals surface area (Å²) >= 11 is 0. The van der Waals surface area contributed by atoms with Crippen LogP contribution in [0.4, 0.5) is 5.82 Å². The largest absolute Gasteiger partial charge is 0.524 e. The predicted molar refractivity (Wildman–Crippen MR) is 150 cm³/mol. The van der Waals surface area contributed by atoms with Crippen LogP contribution in [0.5, 0.6) is 11.5 Å². The molecule has 0 saturated carbocycles. The standard InChI is InChI=1S/C25H27N5O9P2/c1-3-5-6-21-29-23-24(18-9-7-15(13-27-22(31)4-2)11-19(18)28-25(23)26)30(21)14-16-12-17(38-40(32,33)34)8-10-20(16)39-41(35,36)37/h2,7-12H,3,5-6,13-14H2,1H3,(H2,26,28)(H,27,31)(H2,32,33,34)(H2,35,36,37). The minimum atomic E-state index is -5.00. The number of carbonyl (C=O) groups is 1. The molecule has 0 bridgehead atoms. The first kappa shape index (κ1) is 30.0. The maximum atomic E-state index is 11.7. The molecule has 41 heavy (non-hydrogen) atoms. The molecule has 0 radical (unpaired) electrons. The SMILES string of the molecule is C#CC(=O)NCc1ccc2c(c1)nc(N)c1nc(CCCC)n(Cc3cc(OP(=O)(O)O)ccc3OP(=O)(O)O)c12. The minimum Gasteiger partial charge on any atom is -0.404 e. The second kappa shape index (κ2) is 11.9. The summed E-state index contributed by atoms with van der Waals surface area (Å²) in [5.41, 5.74) is 8.64. The number of nitrogens with two attached hydrogens (primary N) is 1. The van der Waals surface area contributed by atoms with Gasteiger partial charge in [0, 0.05) is 23.9 Å². The molecule has 4 rings (SSSR count). The van der Waals surface area contributed by atoms with Gasteiger partial charge >= 0.3 is 15.6 Å². The molecule has 0 aliphatic carbocycles. The van der Waals surface area contributed by atoms with Gasteiger partial charge in [0.15, 0.2) is 5.82 Å². The summed E-state index contributed by atoms with van der Waals surface area (Å²) in [4.78, 5) is 58.2. The Morgan fingerprint density at radius 3 is 2.49 bits per heavy atom. The van der Waals surface area contributed by atoms with Crippen molar-refractivity contribution in [1.29, 1.82) is 0 Å². The van der Waals surface area contributed by atoms with Gasteiger partial charge in [-0.05, 0) is 42.2 Å². The molecule has 0 saturated heterocycles. The number of unbranched alkanes of at least 4 members (excludes halogenated alkanes) is 1. The maximum Gasteiger partial charge on any atom is 0.524 e. The summed E-state index contributed by atoms with van der Waals surface area (Å²) in [6.45, 7) is 2.09. The van der Waals surface area contributed by atoms with E-state index in [1.165, 1.54) is 6.07 Å².